The van der Waals surface area contributed by atoms with Crippen LogP contribution in [-0.4, -0.2) is 67.8 Å². The van der Waals surface area contributed by atoms with Crippen LogP contribution < -0.4 is 4.90 Å². The van der Waals surface area contributed by atoms with E-state index in [-0.39, 0.29) is 11.9 Å². The molecule has 0 radical (unpaired) electrons. The molecule has 1 aromatic carbocycles. The Bertz CT molecular complexity index is 724. The molecule has 0 atom stereocenters. The van der Waals surface area contributed by atoms with Gasteiger partial charge in [-0.3, -0.25) is 0 Å². The average molecular weight is 390 g/mol. The second-order valence-electron chi connectivity index (χ2n) is 8.77. The summed E-state index contributed by atoms with van der Waals surface area (Å²) in [7, 11) is 2.10. The van der Waals surface area contributed by atoms with Crippen molar-refractivity contribution in [3.8, 4) is 0 Å². The lowest BCUT2D eigenvalue weighted by Crippen LogP contribution is -2.44. The molecule has 28 heavy (non-hydrogen) atoms. The Hall–Kier alpha value is -2.08. The van der Waals surface area contributed by atoms with Crippen molar-refractivity contribution >= 4 is 17.9 Å². The maximum atomic E-state index is 14.4. The van der Waals surface area contributed by atoms with Gasteiger partial charge in [0, 0.05) is 39.3 Å². The Labute approximate surface area is 167 Å². The number of amides is 1. The Kier molecular flexibility index (Phi) is 6.28. The highest BCUT2D eigenvalue weighted by atomic mass is 19.1. The topological polar surface area (TPSA) is 36.0 Å². The molecule has 3 rings (SSSR count). The number of rotatable bonds is 2. The molecular weight excluding hydrogens is 357 g/mol. The summed E-state index contributed by atoms with van der Waals surface area (Å²) in [5.41, 5.74) is 2.53. The van der Waals surface area contributed by atoms with Crippen molar-refractivity contribution < 1.29 is 13.9 Å². The quantitative estimate of drug-likeness (QED) is 0.766. The van der Waals surface area contributed by atoms with Crippen molar-refractivity contribution in [2.45, 2.75) is 39.2 Å². The maximum absolute atomic E-state index is 14.4. The van der Waals surface area contributed by atoms with E-state index in [0.717, 1.165) is 44.6 Å². The number of carbonyl (C=O) groups excluding carboxylic acids is 1. The first-order chi connectivity index (χ1) is 13.2. The van der Waals surface area contributed by atoms with Crippen molar-refractivity contribution in [3.05, 3.63) is 35.2 Å². The number of carbonyl (C=O) groups is 1. The Morgan fingerprint density at radius 2 is 1.71 bits per heavy atom. The van der Waals surface area contributed by atoms with Gasteiger partial charge in [0.2, 0.25) is 0 Å². The standard InChI is InChI=1S/C22H32FN3O2/c1-22(2,3)28-21(27)26-9-7-17(8-10-26)15-18-5-6-19(23)20(16-18)25-13-11-24(4)12-14-25/h5-6,15-16H,7-14H2,1-4H3. The van der Waals surface area contributed by atoms with Crippen LogP contribution in [0.5, 0.6) is 0 Å². The monoisotopic (exact) mass is 389 g/mol. The van der Waals surface area contributed by atoms with E-state index in [0.29, 0.717) is 18.8 Å². The van der Waals surface area contributed by atoms with Crippen LogP contribution in [0.1, 0.15) is 39.2 Å². The van der Waals surface area contributed by atoms with Crippen LogP contribution >= 0.6 is 0 Å². The average Bonchev–Trinajstić information content (AvgIpc) is 2.63. The third-order valence-corrected chi connectivity index (χ3v) is 5.24. The summed E-state index contributed by atoms with van der Waals surface area (Å²) in [5, 5.41) is 0. The van der Waals surface area contributed by atoms with Gasteiger partial charge in [0.1, 0.15) is 11.4 Å². The number of piperazine rings is 1. The largest absolute Gasteiger partial charge is 0.444 e. The van der Waals surface area contributed by atoms with E-state index in [1.165, 1.54) is 5.57 Å². The van der Waals surface area contributed by atoms with Crippen LogP contribution in [0.2, 0.25) is 0 Å². The Balaban J connectivity index is 1.63. The van der Waals surface area contributed by atoms with Crippen molar-refractivity contribution in [2.24, 2.45) is 0 Å². The van der Waals surface area contributed by atoms with Crippen LogP contribution in [0.15, 0.2) is 23.8 Å². The lowest BCUT2D eigenvalue weighted by molar-refractivity contribution is 0.0237. The van der Waals surface area contributed by atoms with Gasteiger partial charge in [-0.25, -0.2) is 9.18 Å². The van der Waals surface area contributed by atoms with Crippen LogP contribution in [-0.2, 0) is 4.74 Å². The van der Waals surface area contributed by atoms with Gasteiger partial charge >= 0.3 is 6.09 Å². The number of nitrogens with zero attached hydrogens (tertiary/aromatic N) is 3. The third-order valence-electron chi connectivity index (χ3n) is 5.24. The molecule has 0 aromatic heterocycles. The van der Waals surface area contributed by atoms with Crippen LogP contribution in [0.4, 0.5) is 14.9 Å². The molecule has 1 aromatic rings. The van der Waals surface area contributed by atoms with Gasteiger partial charge < -0.3 is 19.4 Å². The summed E-state index contributed by atoms with van der Waals surface area (Å²) < 4.78 is 19.8. The number of ether oxygens (including phenoxy) is 1. The van der Waals surface area contributed by atoms with E-state index >= 15 is 0 Å². The lowest BCUT2D eigenvalue weighted by atomic mass is 10.0. The van der Waals surface area contributed by atoms with Gasteiger partial charge in [0.05, 0.1) is 5.69 Å². The molecule has 0 unspecified atom stereocenters. The highest BCUT2D eigenvalue weighted by Gasteiger charge is 2.24. The molecule has 2 aliphatic rings. The summed E-state index contributed by atoms with van der Waals surface area (Å²) in [6.07, 6.45) is 3.54. The molecule has 2 heterocycles. The summed E-state index contributed by atoms with van der Waals surface area (Å²) in [6.45, 7) is 10.6. The molecule has 0 spiro atoms. The highest BCUT2D eigenvalue weighted by Crippen LogP contribution is 2.26. The van der Waals surface area contributed by atoms with E-state index < -0.39 is 5.60 Å². The zero-order valence-electron chi connectivity index (χ0n) is 17.5. The minimum Gasteiger partial charge on any atom is -0.444 e. The molecule has 5 nitrogen and oxygen atoms in total. The van der Waals surface area contributed by atoms with Gasteiger partial charge in [0.25, 0.3) is 0 Å². The number of hydrogen-bond acceptors (Lipinski definition) is 4. The fourth-order valence-corrected chi connectivity index (χ4v) is 3.59. The Morgan fingerprint density at radius 3 is 2.32 bits per heavy atom. The number of piperidine rings is 1. The van der Waals surface area contributed by atoms with E-state index in [1.807, 2.05) is 32.9 Å². The first-order valence-electron chi connectivity index (χ1n) is 10.1. The van der Waals surface area contributed by atoms with Gasteiger partial charge in [-0.1, -0.05) is 17.7 Å². The SMILES string of the molecule is CN1CCN(c2cc(C=C3CCN(C(=O)OC(C)(C)C)CC3)ccc2F)CC1. The number of hydrogen-bond donors (Lipinski definition) is 0. The molecule has 1 amide bonds. The summed E-state index contributed by atoms with van der Waals surface area (Å²) in [4.78, 5) is 18.3. The van der Waals surface area contributed by atoms with Crippen LogP contribution in [0.3, 0.4) is 0 Å². The molecule has 6 heteroatoms. The number of likely N-dealkylation sites (tertiary alicyclic amines) is 1. The summed E-state index contributed by atoms with van der Waals surface area (Å²) in [5.74, 6) is -0.161. The normalized spacial score (nSPS) is 19.0. The molecule has 2 aliphatic heterocycles. The molecule has 0 bridgehead atoms. The second kappa shape index (κ2) is 8.52. The molecule has 2 fully saturated rings. The zero-order valence-corrected chi connectivity index (χ0v) is 17.5. The number of benzene rings is 1. The van der Waals surface area contributed by atoms with E-state index in [4.69, 9.17) is 4.74 Å². The van der Waals surface area contributed by atoms with Gasteiger partial charge in [-0.15, -0.1) is 0 Å². The van der Waals surface area contributed by atoms with Crippen LogP contribution in [0.25, 0.3) is 6.08 Å². The zero-order chi connectivity index (χ0) is 20.3. The van der Waals surface area contributed by atoms with E-state index in [2.05, 4.69) is 22.9 Å². The molecular formula is C22H32FN3O2. The van der Waals surface area contributed by atoms with Crippen LogP contribution in [0, 0.1) is 5.82 Å². The van der Waals surface area contributed by atoms with E-state index in [1.54, 1.807) is 11.0 Å². The van der Waals surface area contributed by atoms with Crippen molar-refractivity contribution in [1.29, 1.82) is 0 Å². The molecule has 154 valence electrons. The minimum absolute atomic E-state index is 0.161. The number of anilines is 1. The van der Waals surface area contributed by atoms with Gasteiger partial charge in [0.15, 0.2) is 0 Å². The number of halogens is 1. The lowest BCUT2D eigenvalue weighted by Gasteiger charge is -2.34. The molecule has 0 N–H and O–H groups in total. The number of likely N-dealkylation sites (N-methyl/N-ethyl adjacent to an activating group) is 1. The van der Waals surface area contributed by atoms with Gasteiger partial charge in [-0.05, 0) is 58.4 Å². The molecule has 2 saturated heterocycles. The fourth-order valence-electron chi connectivity index (χ4n) is 3.59. The maximum Gasteiger partial charge on any atom is 0.410 e. The summed E-state index contributed by atoms with van der Waals surface area (Å²) in [6, 6.07) is 5.35. The minimum atomic E-state index is -0.471. The first-order valence-corrected chi connectivity index (χ1v) is 10.1. The first kappa shape index (κ1) is 20.6. The Morgan fingerprint density at radius 1 is 1.07 bits per heavy atom. The predicted octanol–water partition coefficient (Wildman–Crippen LogP) is 3.99. The molecule has 0 aliphatic carbocycles. The van der Waals surface area contributed by atoms with E-state index in [9.17, 15) is 9.18 Å². The second-order valence-corrected chi connectivity index (χ2v) is 8.77. The smallest absolute Gasteiger partial charge is 0.410 e. The van der Waals surface area contributed by atoms with Crippen molar-refractivity contribution in [2.75, 3.05) is 51.2 Å². The summed E-state index contributed by atoms with van der Waals surface area (Å²) >= 11 is 0. The predicted molar refractivity (Wildman–Crippen MR) is 111 cm³/mol. The fraction of sp³-hybridized carbons (Fsp3) is 0.591. The third kappa shape index (κ3) is 5.47. The highest BCUT2D eigenvalue weighted by molar-refractivity contribution is 5.69. The van der Waals surface area contributed by atoms with Crippen molar-refractivity contribution in [1.82, 2.24) is 9.80 Å². The van der Waals surface area contributed by atoms with Crippen molar-refractivity contribution in [3.63, 3.8) is 0 Å². The molecule has 0 saturated carbocycles. The van der Waals surface area contributed by atoms with Gasteiger partial charge in [-0.2, -0.15) is 0 Å².